The molecule has 1 aliphatic heterocycles. The zero-order valence-electron chi connectivity index (χ0n) is 21.8. The van der Waals surface area contributed by atoms with Crippen LogP contribution in [0.3, 0.4) is 0 Å². The van der Waals surface area contributed by atoms with Gasteiger partial charge in [-0.05, 0) is 49.2 Å². The lowest BCUT2D eigenvalue weighted by molar-refractivity contribution is -0.133. The van der Waals surface area contributed by atoms with E-state index in [1.54, 1.807) is 34.1 Å². The molecule has 0 unspecified atom stereocenters. The molecular weight excluding hydrogens is 504 g/mol. The van der Waals surface area contributed by atoms with Crippen molar-refractivity contribution in [2.75, 3.05) is 51.3 Å². The van der Waals surface area contributed by atoms with Crippen molar-refractivity contribution in [2.24, 2.45) is 0 Å². The van der Waals surface area contributed by atoms with Gasteiger partial charge in [0.15, 0.2) is 0 Å². The predicted octanol–water partition coefficient (Wildman–Crippen LogP) is 5.03. The number of halogens is 1. The van der Waals surface area contributed by atoms with Gasteiger partial charge in [0.2, 0.25) is 5.91 Å². The van der Waals surface area contributed by atoms with Crippen LogP contribution < -0.4 is 5.32 Å². The molecule has 0 radical (unpaired) electrons. The summed E-state index contributed by atoms with van der Waals surface area (Å²) in [5.74, 6) is 1.34. The van der Waals surface area contributed by atoms with Crippen molar-refractivity contribution in [2.45, 2.75) is 26.4 Å². The molecule has 3 amide bonds. The fraction of sp³-hybridized carbons (Fsp3) is 0.379. The van der Waals surface area contributed by atoms with Gasteiger partial charge in [-0.15, -0.1) is 0 Å². The lowest BCUT2D eigenvalue weighted by Crippen LogP contribution is -2.45. The normalized spacial score (nSPS) is 13.7. The van der Waals surface area contributed by atoms with Crippen LogP contribution in [-0.4, -0.2) is 72.6 Å². The van der Waals surface area contributed by atoms with Crippen LogP contribution in [0, 0.1) is 6.92 Å². The van der Waals surface area contributed by atoms with Gasteiger partial charge in [-0.3, -0.25) is 9.69 Å². The molecule has 3 aromatic rings. The van der Waals surface area contributed by atoms with Gasteiger partial charge in [-0.1, -0.05) is 48.0 Å². The number of urea groups is 1. The van der Waals surface area contributed by atoms with Crippen LogP contribution in [0.25, 0.3) is 0 Å². The molecule has 0 saturated carbocycles. The molecule has 1 N–H and O–H groups in total. The van der Waals surface area contributed by atoms with Crippen LogP contribution in [-0.2, 0) is 22.6 Å². The van der Waals surface area contributed by atoms with Gasteiger partial charge in [0.25, 0.3) is 0 Å². The minimum atomic E-state index is -0.337. The Kier molecular flexibility index (Phi) is 10.2. The molecule has 202 valence electrons. The van der Waals surface area contributed by atoms with Crippen LogP contribution in [0.5, 0.6) is 0 Å². The van der Waals surface area contributed by atoms with Crippen molar-refractivity contribution in [3.8, 4) is 0 Å². The fourth-order valence-electron chi connectivity index (χ4n) is 4.39. The van der Waals surface area contributed by atoms with E-state index in [1.165, 1.54) is 0 Å². The van der Waals surface area contributed by atoms with Crippen molar-refractivity contribution in [1.82, 2.24) is 14.7 Å². The summed E-state index contributed by atoms with van der Waals surface area (Å²) in [5, 5.41) is 3.43. The second kappa shape index (κ2) is 14.0. The average molecular weight is 539 g/mol. The highest BCUT2D eigenvalue weighted by Gasteiger charge is 2.23. The number of nitrogens with zero attached hydrogens (tertiary/aromatic N) is 3. The summed E-state index contributed by atoms with van der Waals surface area (Å²) in [5.41, 5.74) is 1.59. The number of hydrogen-bond acceptors (Lipinski definition) is 5. The molecule has 1 fully saturated rings. The zero-order valence-corrected chi connectivity index (χ0v) is 22.5. The number of furan rings is 1. The maximum atomic E-state index is 13.7. The smallest absolute Gasteiger partial charge is 0.322 e. The first-order valence-electron chi connectivity index (χ1n) is 12.9. The van der Waals surface area contributed by atoms with Gasteiger partial charge >= 0.3 is 6.03 Å². The summed E-state index contributed by atoms with van der Waals surface area (Å²) in [6, 6.07) is 20.2. The van der Waals surface area contributed by atoms with Crippen LogP contribution in [0.1, 0.15) is 23.5 Å². The predicted molar refractivity (Wildman–Crippen MR) is 148 cm³/mol. The fourth-order valence-corrected chi connectivity index (χ4v) is 4.58. The van der Waals surface area contributed by atoms with E-state index >= 15 is 0 Å². The molecule has 1 aromatic heterocycles. The molecule has 2 heterocycles. The third-order valence-electron chi connectivity index (χ3n) is 6.41. The number of nitrogens with one attached hydrogen (secondary N) is 1. The maximum Gasteiger partial charge on any atom is 0.322 e. The first-order valence-corrected chi connectivity index (χ1v) is 13.3. The Morgan fingerprint density at radius 1 is 0.974 bits per heavy atom. The van der Waals surface area contributed by atoms with E-state index in [4.69, 9.17) is 20.8 Å². The van der Waals surface area contributed by atoms with Crippen molar-refractivity contribution >= 4 is 29.2 Å². The Morgan fingerprint density at radius 2 is 1.76 bits per heavy atom. The summed E-state index contributed by atoms with van der Waals surface area (Å²) < 4.78 is 11.2. The van der Waals surface area contributed by atoms with Gasteiger partial charge in [-0.25, -0.2) is 4.79 Å². The topological polar surface area (TPSA) is 78.3 Å². The minimum Gasteiger partial charge on any atom is -0.464 e. The molecule has 0 atom stereocenters. The molecule has 0 spiro atoms. The highest BCUT2D eigenvalue weighted by molar-refractivity contribution is 6.30. The zero-order chi connectivity index (χ0) is 26.7. The van der Waals surface area contributed by atoms with E-state index in [2.05, 4.69) is 10.2 Å². The standard InChI is InChI=1S/C29H35ClN4O4/c1-23-11-12-27(38-23)21-34(20-24-7-3-2-4-8-24)28(35)22-33(14-6-13-32-15-17-37-18-16-32)29(36)31-26-10-5-9-25(30)19-26/h2-5,7-12,19H,6,13-18,20-22H2,1H3,(H,31,36). The van der Waals surface area contributed by atoms with E-state index < -0.39 is 0 Å². The second-order valence-electron chi connectivity index (χ2n) is 9.42. The van der Waals surface area contributed by atoms with Gasteiger partial charge < -0.3 is 24.3 Å². The van der Waals surface area contributed by atoms with Crippen molar-refractivity contribution < 1.29 is 18.7 Å². The van der Waals surface area contributed by atoms with Crippen LogP contribution >= 0.6 is 11.6 Å². The van der Waals surface area contributed by atoms with Crippen LogP contribution in [0.2, 0.25) is 5.02 Å². The SMILES string of the molecule is Cc1ccc(CN(Cc2ccccc2)C(=O)CN(CCCN2CCOCC2)C(=O)Nc2cccc(Cl)c2)o1. The monoisotopic (exact) mass is 538 g/mol. The average Bonchev–Trinajstić information content (AvgIpc) is 3.33. The number of ether oxygens (including phenoxy) is 1. The highest BCUT2D eigenvalue weighted by atomic mass is 35.5. The molecule has 4 rings (SSSR count). The maximum absolute atomic E-state index is 13.7. The highest BCUT2D eigenvalue weighted by Crippen LogP contribution is 2.17. The number of amides is 3. The second-order valence-corrected chi connectivity index (χ2v) is 9.85. The first kappa shape index (κ1) is 27.7. The van der Waals surface area contributed by atoms with E-state index in [0.717, 1.165) is 50.6 Å². The number of anilines is 1. The van der Waals surface area contributed by atoms with Crippen molar-refractivity contribution in [1.29, 1.82) is 0 Å². The van der Waals surface area contributed by atoms with E-state index in [9.17, 15) is 9.59 Å². The van der Waals surface area contributed by atoms with E-state index in [1.807, 2.05) is 49.4 Å². The molecule has 9 heteroatoms. The Bertz CT molecular complexity index is 1180. The van der Waals surface area contributed by atoms with Gasteiger partial charge in [0.1, 0.15) is 18.1 Å². The number of rotatable bonds is 11. The molecule has 0 aliphatic carbocycles. The van der Waals surface area contributed by atoms with Crippen LogP contribution in [0.4, 0.5) is 10.5 Å². The lowest BCUT2D eigenvalue weighted by Gasteiger charge is -2.30. The number of carbonyl (C=O) groups is 2. The quantitative estimate of drug-likeness (QED) is 0.370. The Balaban J connectivity index is 1.47. The summed E-state index contributed by atoms with van der Waals surface area (Å²) in [6.45, 7) is 7.02. The van der Waals surface area contributed by atoms with Gasteiger partial charge in [0.05, 0.1) is 19.8 Å². The summed E-state index contributed by atoms with van der Waals surface area (Å²) in [6.07, 6.45) is 0.742. The van der Waals surface area contributed by atoms with Gasteiger partial charge in [-0.2, -0.15) is 0 Å². The third-order valence-corrected chi connectivity index (χ3v) is 6.64. The minimum absolute atomic E-state index is 0.0535. The molecule has 1 aliphatic rings. The summed E-state index contributed by atoms with van der Waals surface area (Å²) in [4.78, 5) is 32.6. The molecule has 8 nitrogen and oxygen atoms in total. The largest absolute Gasteiger partial charge is 0.464 e. The lowest BCUT2D eigenvalue weighted by atomic mass is 10.2. The Labute approximate surface area is 229 Å². The number of aryl methyl sites for hydroxylation is 1. The van der Waals surface area contributed by atoms with E-state index in [0.29, 0.717) is 36.1 Å². The molecular formula is C29H35ClN4O4. The number of benzene rings is 2. The van der Waals surface area contributed by atoms with Crippen LogP contribution in [0.15, 0.2) is 71.1 Å². The number of morpholine rings is 1. The Morgan fingerprint density at radius 3 is 2.47 bits per heavy atom. The first-order chi connectivity index (χ1) is 18.5. The van der Waals surface area contributed by atoms with E-state index in [-0.39, 0.29) is 18.5 Å². The van der Waals surface area contributed by atoms with Crippen molar-refractivity contribution in [3.63, 3.8) is 0 Å². The number of hydrogen-bond donors (Lipinski definition) is 1. The number of carbonyl (C=O) groups excluding carboxylic acids is 2. The molecule has 2 aromatic carbocycles. The Hall–Kier alpha value is -3.33. The van der Waals surface area contributed by atoms with Gasteiger partial charge in [0, 0.05) is 43.4 Å². The summed E-state index contributed by atoms with van der Waals surface area (Å²) in [7, 11) is 0. The third kappa shape index (κ3) is 8.62. The van der Waals surface area contributed by atoms with Crippen molar-refractivity contribution in [3.05, 3.63) is 88.8 Å². The molecule has 1 saturated heterocycles. The summed E-state index contributed by atoms with van der Waals surface area (Å²) >= 11 is 6.11. The molecule has 0 bridgehead atoms. The molecule has 38 heavy (non-hydrogen) atoms.